The fourth-order valence-electron chi connectivity index (χ4n) is 3.52. The van der Waals surface area contributed by atoms with Crippen molar-refractivity contribution in [3.8, 4) is 0 Å². The van der Waals surface area contributed by atoms with E-state index in [9.17, 15) is 18.0 Å². The summed E-state index contributed by atoms with van der Waals surface area (Å²) in [5, 5.41) is 2.83. The standard InChI is InChI=1S/C23H29N3O4S/c1-4-17(2)19-8-10-21(11-9-19)24-23(28)20-6-5-7-22(16-20)31(29,30)26-14-12-25(13-15-26)18(3)27/h5-11,16-17H,4,12-15H2,1-3H3,(H,24,28). The fourth-order valence-corrected chi connectivity index (χ4v) is 4.99. The molecule has 0 spiro atoms. The molecular weight excluding hydrogens is 414 g/mol. The molecule has 1 heterocycles. The lowest BCUT2D eigenvalue weighted by Gasteiger charge is -2.33. The van der Waals surface area contributed by atoms with Crippen molar-refractivity contribution >= 4 is 27.5 Å². The van der Waals surface area contributed by atoms with E-state index in [1.54, 1.807) is 17.0 Å². The molecule has 8 heteroatoms. The SMILES string of the molecule is CCC(C)c1ccc(NC(=O)c2cccc(S(=O)(=O)N3CCN(C(C)=O)CC3)c2)cc1. The van der Waals surface area contributed by atoms with Crippen LogP contribution in [0.4, 0.5) is 5.69 Å². The van der Waals surface area contributed by atoms with Gasteiger partial charge in [0.1, 0.15) is 0 Å². The van der Waals surface area contributed by atoms with Gasteiger partial charge in [-0.15, -0.1) is 0 Å². The Kier molecular flexibility index (Phi) is 7.12. The van der Waals surface area contributed by atoms with E-state index in [0.29, 0.717) is 24.7 Å². The zero-order valence-electron chi connectivity index (χ0n) is 18.2. The summed E-state index contributed by atoms with van der Waals surface area (Å²) < 4.78 is 27.4. The van der Waals surface area contributed by atoms with Gasteiger partial charge in [-0.05, 0) is 48.2 Å². The van der Waals surface area contributed by atoms with Crippen LogP contribution in [0.1, 0.15) is 49.0 Å². The Hall–Kier alpha value is -2.71. The van der Waals surface area contributed by atoms with Crippen LogP contribution in [0.25, 0.3) is 0 Å². The summed E-state index contributed by atoms with van der Waals surface area (Å²) >= 11 is 0. The van der Waals surface area contributed by atoms with Crippen molar-refractivity contribution < 1.29 is 18.0 Å². The minimum Gasteiger partial charge on any atom is -0.340 e. The molecule has 1 aliphatic rings. The normalized spacial score (nSPS) is 16.0. The molecule has 2 aromatic rings. The van der Waals surface area contributed by atoms with E-state index in [1.165, 1.54) is 28.9 Å². The number of carbonyl (C=O) groups excluding carboxylic acids is 2. The van der Waals surface area contributed by atoms with Crippen LogP contribution in [0.3, 0.4) is 0 Å². The highest BCUT2D eigenvalue weighted by Crippen LogP contribution is 2.22. The Balaban J connectivity index is 1.72. The summed E-state index contributed by atoms with van der Waals surface area (Å²) in [6.07, 6.45) is 1.04. The molecule has 0 radical (unpaired) electrons. The van der Waals surface area contributed by atoms with E-state index in [2.05, 4.69) is 19.2 Å². The molecule has 0 bridgehead atoms. The fraction of sp³-hybridized carbons (Fsp3) is 0.391. The number of nitrogens with one attached hydrogen (secondary N) is 1. The Morgan fingerprint density at radius 3 is 2.26 bits per heavy atom. The number of sulfonamides is 1. The molecule has 1 atom stereocenters. The maximum Gasteiger partial charge on any atom is 0.255 e. The molecule has 7 nitrogen and oxygen atoms in total. The van der Waals surface area contributed by atoms with Crippen LogP contribution in [-0.2, 0) is 14.8 Å². The van der Waals surface area contributed by atoms with Crippen LogP contribution in [0, 0.1) is 0 Å². The average molecular weight is 444 g/mol. The van der Waals surface area contributed by atoms with Crippen LogP contribution in [0.2, 0.25) is 0 Å². The molecule has 1 saturated heterocycles. The van der Waals surface area contributed by atoms with Gasteiger partial charge in [0.15, 0.2) is 0 Å². The lowest BCUT2D eigenvalue weighted by atomic mass is 9.98. The zero-order chi connectivity index (χ0) is 22.6. The number of nitrogens with zero attached hydrogens (tertiary/aromatic N) is 2. The highest BCUT2D eigenvalue weighted by Gasteiger charge is 2.29. The van der Waals surface area contributed by atoms with Crippen LogP contribution in [0.15, 0.2) is 53.4 Å². The molecular formula is C23H29N3O4S. The third-order valence-corrected chi connectivity index (χ3v) is 7.66. The number of amides is 2. The van der Waals surface area contributed by atoms with E-state index >= 15 is 0 Å². The van der Waals surface area contributed by atoms with Crippen molar-refractivity contribution in [3.05, 3.63) is 59.7 Å². The maximum atomic E-state index is 13.0. The van der Waals surface area contributed by atoms with E-state index in [-0.39, 0.29) is 35.4 Å². The second-order valence-corrected chi connectivity index (χ2v) is 9.76. The number of carbonyl (C=O) groups is 2. The zero-order valence-corrected chi connectivity index (χ0v) is 19.0. The first-order chi connectivity index (χ1) is 14.7. The van der Waals surface area contributed by atoms with Gasteiger partial charge in [0.25, 0.3) is 5.91 Å². The van der Waals surface area contributed by atoms with Gasteiger partial charge in [-0.2, -0.15) is 4.31 Å². The molecule has 1 aliphatic heterocycles. The minimum absolute atomic E-state index is 0.0621. The van der Waals surface area contributed by atoms with Crippen molar-refractivity contribution in [2.45, 2.75) is 38.0 Å². The molecule has 1 N–H and O–H groups in total. The van der Waals surface area contributed by atoms with Gasteiger partial charge in [-0.3, -0.25) is 9.59 Å². The second-order valence-electron chi connectivity index (χ2n) is 7.82. The lowest BCUT2D eigenvalue weighted by molar-refractivity contribution is -0.129. The summed E-state index contributed by atoms with van der Waals surface area (Å²) in [4.78, 5) is 25.9. The van der Waals surface area contributed by atoms with E-state index < -0.39 is 10.0 Å². The molecule has 2 amide bonds. The molecule has 1 fully saturated rings. The molecule has 3 rings (SSSR count). The van der Waals surface area contributed by atoms with Gasteiger partial charge in [-0.25, -0.2) is 8.42 Å². The van der Waals surface area contributed by atoms with Crippen molar-refractivity contribution in [2.75, 3.05) is 31.5 Å². The Labute approximate surface area is 184 Å². The molecule has 0 aliphatic carbocycles. The molecule has 31 heavy (non-hydrogen) atoms. The van der Waals surface area contributed by atoms with Gasteiger partial charge < -0.3 is 10.2 Å². The monoisotopic (exact) mass is 443 g/mol. The van der Waals surface area contributed by atoms with Crippen molar-refractivity contribution in [1.82, 2.24) is 9.21 Å². The number of benzene rings is 2. The first kappa shape index (κ1) is 23.0. The lowest BCUT2D eigenvalue weighted by Crippen LogP contribution is -2.49. The predicted octanol–water partition coefficient (Wildman–Crippen LogP) is 3.31. The predicted molar refractivity (Wildman–Crippen MR) is 121 cm³/mol. The highest BCUT2D eigenvalue weighted by molar-refractivity contribution is 7.89. The van der Waals surface area contributed by atoms with E-state index in [0.717, 1.165) is 6.42 Å². The van der Waals surface area contributed by atoms with Gasteiger partial charge in [-0.1, -0.05) is 32.0 Å². The van der Waals surface area contributed by atoms with Crippen LogP contribution < -0.4 is 5.32 Å². The Morgan fingerprint density at radius 1 is 1.03 bits per heavy atom. The quantitative estimate of drug-likeness (QED) is 0.742. The summed E-state index contributed by atoms with van der Waals surface area (Å²) in [7, 11) is -3.74. The molecule has 2 aromatic carbocycles. The number of rotatable bonds is 6. The Morgan fingerprint density at radius 2 is 1.68 bits per heavy atom. The number of piperazine rings is 1. The topological polar surface area (TPSA) is 86.8 Å². The number of anilines is 1. The van der Waals surface area contributed by atoms with Gasteiger partial charge in [0.05, 0.1) is 4.90 Å². The number of hydrogen-bond donors (Lipinski definition) is 1. The molecule has 0 saturated carbocycles. The van der Waals surface area contributed by atoms with Gasteiger partial charge in [0, 0.05) is 44.4 Å². The Bertz CT molecular complexity index is 1040. The van der Waals surface area contributed by atoms with Crippen molar-refractivity contribution in [3.63, 3.8) is 0 Å². The second kappa shape index (κ2) is 9.62. The maximum absolute atomic E-state index is 13.0. The first-order valence-corrected chi connectivity index (χ1v) is 11.9. The minimum atomic E-state index is -3.74. The van der Waals surface area contributed by atoms with Crippen molar-refractivity contribution in [2.24, 2.45) is 0 Å². The summed E-state index contributed by atoms with van der Waals surface area (Å²) in [6, 6.07) is 13.7. The molecule has 0 aromatic heterocycles. The highest BCUT2D eigenvalue weighted by atomic mass is 32.2. The first-order valence-electron chi connectivity index (χ1n) is 10.5. The van der Waals surface area contributed by atoms with Crippen LogP contribution in [0.5, 0.6) is 0 Å². The third-order valence-electron chi connectivity index (χ3n) is 5.77. The van der Waals surface area contributed by atoms with Gasteiger partial charge >= 0.3 is 0 Å². The van der Waals surface area contributed by atoms with E-state index in [1.807, 2.05) is 24.3 Å². The summed E-state index contributed by atoms with van der Waals surface area (Å²) in [5.74, 6) is 0.0200. The van der Waals surface area contributed by atoms with Crippen LogP contribution in [-0.4, -0.2) is 55.6 Å². The smallest absolute Gasteiger partial charge is 0.255 e. The summed E-state index contributed by atoms with van der Waals surface area (Å²) in [5.41, 5.74) is 2.14. The third kappa shape index (κ3) is 5.32. The molecule has 166 valence electrons. The molecule has 1 unspecified atom stereocenters. The van der Waals surface area contributed by atoms with Gasteiger partial charge in [0.2, 0.25) is 15.9 Å². The number of hydrogen-bond acceptors (Lipinski definition) is 4. The van der Waals surface area contributed by atoms with E-state index in [4.69, 9.17) is 0 Å². The largest absolute Gasteiger partial charge is 0.340 e. The summed E-state index contributed by atoms with van der Waals surface area (Å²) in [6.45, 7) is 6.96. The average Bonchev–Trinajstić information content (AvgIpc) is 2.79. The van der Waals surface area contributed by atoms with Crippen molar-refractivity contribution in [1.29, 1.82) is 0 Å². The van der Waals surface area contributed by atoms with Crippen LogP contribution >= 0.6 is 0 Å².